The van der Waals surface area contributed by atoms with E-state index in [1.54, 1.807) is 11.3 Å². The van der Waals surface area contributed by atoms with Gasteiger partial charge >= 0.3 is 0 Å². The van der Waals surface area contributed by atoms with Crippen LogP contribution in [0.25, 0.3) is 0 Å². The first kappa shape index (κ1) is 10.1. The highest BCUT2D eigenvalue weighted by Gasteiger charge is 2.13. The first-order valence-corrected chi connectivity index (χ1v) is 6.21. The number of hydrogen-bond donors (Lipinski definition) is 1. The smallest absolute Gasteiger partial charge is 0.0619 e. The zero-order valence-electron chi connectivity index (χ0n) is 8.37. The molecule has 1 fully saturated rings. The molecule has 2 rings (SSSR count). The van der Waals surface area contributed by atoms with Gasteiger partial charge in [-0.1, -0.05) is 0 Å². The van der Waals surface area contributed by atoms with E-state index >= 15 is 0 Å². The first-order valence-electron chi connectivity index (χ1n) is 5.27. The summed E-state index contributed by atoms with van der Waals surface area (Å²) in [6.07, 6.45) is 3.63. The minimum Gasteiger partial charge on any atom is -0.379 e. The summed E-state index contributed by atoms with van der Waals surface area (Å²) in [6.45, 7) is 2.90. The SMILES string of the molecule is c1cc(CCOCC2CCCN2)cs1. The van der Waals surface area contributed by atoms with Crippen molar-refractivity contribution in [3.63, 3.8) is 0 Å². The molecule has 1 saturated heterocycles. The largest absolute Gasteiger partial charge is 0.379 e. The topological polar surface area (TPSA) is 21.3 Å². The fraction of sp³-hybridized carbons (Fsp3) is 0.636. The lowest BCUT2D eigenvalue weighted by molar-refractivity contribution is 0.119. The highest BCUT2D eigenvalue weighted by atomic mass is 32.1. The molecule has 0 aromatic carbocycles. The quantitative estimate of drug-likeness (QED) is 0.753. The van der Waals surface area contributed by atoms with Crippen molar-refractivity contribution < 1.29 is 4.74 Å². The number of rotatable bonds is 5. The van der Waals surface area contributed by atoms with Gasteiger partial charge in [0.25, 0.3) is 0 Å². The maximum Gasteiger partial charge on any atom is 0.0619 e. The van der Waals surface area contributed by atoms with Crippen LogP contribution in [0.15, 0.2) is 16.8 Å². The standard InChI is InChI=1S/C11H17NOS/c1-2-11(12-5-1)8-13-6-3-10-4-7-14-9-10/h4,7,9,11-12H,1-3,5-6,8H2. The van der Waals surface area contributed by atoms with E-state index in [0.717, 1.165) is 19.6 Å². The molecule has 1 aliphatic rings. The van der Waals surface area contributed by atoms with Gasteiger partial charge in [0.1, 0.15) is 0 Å². The van der Waals surface area contributed by atoms with E-state index in [0.29, 0.717) is 6.04 Å². The van der Waals surface area contributed by atoms with E-state index in [-0.39, 0.29) is 0 Å². The van der Waals surface area contributed by atoms with Gasteiger partial charge in [-0.05, 0) is 48.2 Å². The van der Waals surface area contributed by atoms with Crippen molar-refractivity contribution in [2.45, 2.75) is 25.3 Å². The minimum atomic E-state index is 0.609. The highest BCUT2D eigenvalue weighted by Crippen LogP contribution is 2.08. The van der Waals surface area contributed by atoms with E-state index < -0.39 is 0 Å². The molecule has 0 bridgehead atoms. The second-order valence-electron chi connectivity index (χ2n) is 3.75. The molecule has 1 N–H and O–H groups in total. The molecule has 0 aliphatic carbocycles. The summed E-state index contributed by atoms with van der Waals surface area (Å²) in [5.41, 5.74) is 1.40. The van der Waals surface area contributed by atoms with E-state index in [1.807, 2.05) is 0 Å². The Bertz CT molecular complexity index is 242. The monoisotopic (exact) mass is 211 g/mol. The van der Waals surface area contributed by atoms with Gasteiger partial charge in [-0.2, -0.15) is 11.3 Å². The van der Waals surface area contributed by atoms with Gasteiger partial charge in [0.05, 0.1) is 13.2 Å². The van der Waals surface area contributed by atoms with Gasteiger partial charge in [-0.15, -0.1) is 0 Å². The minimum absolute atomic E-state index is 0.609. The second kappa shape index (κ2) is 5.49. The number of hydrogen-bond acceptors (Lipinski definition) is 3. The van der Waals surface area contributed by atoms with Crippen LogP contribution in [-0.4, -0.2) is 25.8 Å². The van der Waals surface area contributed by atoms with E-state index in [9.17, 15) is 0 Å². The number of ether oxygens (including phenoxy) is 1. The van der Waals surface area contributed by atoms with Crippen LogP contribution in [0.5, 0.6) is 0 Å². The maximum absolute atomic E-state index is 5.63. The van der Waals surface area contributed by atoms with Crippen LogP contribution in [0.2, 0.25) is 0 Å². The predicted molar refractivity (Wildman–Crippen MR) is 59.9 cm³/mol. The molecule has 1 unspecified atom stereocenters. The summed E-state index contributed by atoms with van der Waals surface area (Å²) in [4.78, 5) is 0. The Morgan fingerprint density at radius 2 is 2.57 bits per heavy atom. The van der Waals surface area contributed by atoms with Gasteiger partial charge in [0.15, 0.2) is 0 Å². The fourth-order valence-electron chi connectivity index (χ4n) is 1.75. The average molecular weight is 211 g/mol. The first-order chi connectivity index (χ1) is 6.95. The number of nitrogens with one attached hydrogen (secondary N) is 1. The highest BCUT2D eigenvalue weighted by molar-refractivity contribution is 7.07. The average Bonchev–Trinajstić information content (AvgIpc) is 2.86. The van der Waals surface area contributed by atoms with Crippen LogP contribution in [0.3, 0.4) is 0 Å². The Labute approximate surface area is 89.3 Å². The molecular weight excluding hydrogens is 194 g/mol. The second-order valence-corrected chi connectivity index (χ2v) is 4.53. The lowest BCUT2D eigenvalue weighted by atomic mass is 10.2. The third kappa shape index (κ3) is 3.08. The summed E-state index contributed by atoms with van der Waals surface area (Å²) in [7, 11) is 0. The molecule has 0 amide bonds. The molecule has 1 aliphatic heterocycles. The summed E-state index contributed by atoms with van der Waals surface area (Å²) in [6, 6.07) is 2.78. The Morgan fingerprint density at radius 3 is 3.29 bits per heavy atom. The van der Waals surface area contributed by atoms with Crippen molar-refractivity contribution in [2.75, 3.05) is 19.8 Å². The fourth-order valence-corrected chi connectivity index (χ4v) is 2.45. The van der Waals surface area contributed by atoms with E-state index in [1.165, 1.54) is 24.9 Å². The molecule has 1 aromatic rings. The van der Waals surface area contributed by atoms with Gasteiger partial charge in [0, 0.05) is 6.04 Å². The Hall–Kier alpha value is -0.380. The van der Waals surface area contributed by atoms with Crippen LogP contribution in [0.1, 0.15) is 18.4 Å². The van der Waals surface area contributed by atoms with Crippen molar-refractivity contribution in [3.05, 3.63) is 22.4 Å². The number of thiophene rings is 1. The maximum atomic E-state index is 5.63. The Balaban J connectivity index is 1.55. The zero-order chi connectivity index (χ0) is 9.64. The zero-order valence-corrected chi connectivity index (χ0v) is 9.19. The predicted octanol–water partition coefficient (Wildman–Crippen LogP) is 2.06. The van der Waals surface area contributed by atoms with Gasteiger partial charge in [-0.3, -0.25) is 0 Å². The molecule has 0 spiro atoms. The summed E-state index contributed by atoms with van der Waals surface area (Å²) in [5.74, 6) is 0. The summed E-state index contributed by atoms with van der Waals surface area (Å²) >= 11 is 1.76. The third-order valence-electron chi connectivity index (χ3n) is 2.60. The molecular formula is C11H17NOS. The van der Waals surface area contributed by atoms with Gasteiger partial charge in [-0.25, -0.2) is 0 Å². The van der Waals surface area contributed by atoms with Gasteiger partial charge in [0.2, 0.25) is 0 Å². The van der Waals surface area contributed by atoms with E-state index in [2.05, 4.69) is 22.1 Å². The normalized spacial score (nSPS) is 21.6. The molecule has 3 heteroatoms. The molecule has 14 heavy (non-hydrogen) atoms. The van der Waals surface area contributed by atoms with Crippen molar-refractivity contribution in [3.8, 4) is 0 Å². The summed E-state index contributed by atoms with van der Waals surface area (Å²) < 4.78 is 5.63. The van der Waals surface area contributed by atoms with Crippen LogP contribution < -0.4 is 5.32 Å². The van der Waals surface area contributed by atoms with Gasteiger partial charge < -0.3 is 10.1 Å². The molecule has 78 valence electrons. The van der Waals surface area contributed by atoms with Crippen molar-refractivity contribution >= 4 is 11.3 Å². The summed E-state index contributed by atoms with van der Waals surface area (Å²) in [5, 5.41) is 7.74. The Morgan fingerprint density at radius 1 is 1.57 bits per heavy atom. The van der Waals surface area contributed by atoms with Crippen molar-refractivity contribution in [1.82, 2.24) is 5.32 Å². The van der Waals surface area contributed by atoms with Crippen molar-refractivity contribution in [2.24, 2.45) is 0 Å². The molecule has 0 radical (unpaired) electrons. The van der Waals surface area contributed by atoms with Crippen LogP contribution in [0.4, 0.5) is 0 Å². The molecule has 0 saturated carbocycles. The Kier molecular flexibility index (Phi) is 3.98. The lowest BCUT2D eigenvalue weighted by Gasteiger charge is -2.10. The molecule has 2 heterocycles. The van der Waals surface area contributed by atoms with E-state index in [4.69, 9.17) is 4.74 Å². The van der Waals surface area contributed by atoms with Crippen LogP contribution >= 0.6 is 11.3 Å². The molecule has 2 nitrogen and oxygen atoms in total. The molecule has 1 aromatic heterocycles. The van der Waals surface area contributed by atoms with Crippen molar-refractivity contribution in [1.29, 1.82) is 0 Å². The molecule has 1 atom stereocenters. The van der Waals surface area contributed by atoms with Crippen LogP contribution in [0, 0.1) is 0 Å². The third-order valence-corrected chi connectivity index (χ3v) is 3.33. The lowest BCUT2D eigenvalue weighted by Crippen LogP contribution is -2.27. The van der Waals surface area contributed by atoms with Crippen LogP contribution in [-0.2, 0) is 11.2 Å².